The molecule has 1 N–H and O–H groups in total. The molecule has 7 heteroatoms. The molecule has 5 nitrogen and oxygen atoms in total. The number of rotatable bonds is 4. The van der Waals surface area contributed by atoms with Crippen molar-refractivity contribution in [3.8, 4) is 0 Å². The van der Waals surface area contributed by atoms with E-state index in [9.17, 15) is 9.18 Å². The summed E-state index contributed by atoms with van der Waals surface area (Å²) in [5, 5.41) is 8.78. The number of hydrazone groups is 1. The number of benzene rings is 3. The lowest BCUT2D eigenvalue weighted by molar-refractivity contribution is -0.115. The third-order valence-corrected chi connectivity index (χ3v) is 5.97. The molecule has 0 aromatic heterocycles. The number of hydrogen-bond donors (Lipinski definition) is 1. The molecule has 1 atom stereocenters. The highest BCUT2D eigenvalue weighted by molar-refractivity contribution is 6.40. The van der Waals surface area contributed by atoms with Crippen LogP contribution in [-0.4, -0.2) is 18.2 Å². The van der Waals surface area contributed by atoms with Crippen LogP contribution in [0.1, 0.15) is 23.6 Å². The number of nitrogens with zero attached hydrogens (tertiary/aromatic N) is 3. The smallest absolute Gasteiger partial charge is 0.285 e. The van der Waals surface area contributed by atoms with Gasteiger partial charge in [-0.05, 0) is 47.9 Å². The van der Waals surface area contributed by atoms with E-state index >= 15 is 0 Å². The standard InChI is InChI=1S/C24H20ClFN4O/c25-19-6-2-4-8-22(19)30-23(17-9-11-18(26)12-10-17)15-20(27-30)24(31)28-29-14-13-16-5-1-3-7-21(16)29/h1-12,23H,13-15H2,(H,28,31). The van der Waals surface area contributed by atoms with Crippen LogP contribution in [0.2, 0.25) is 5.02 Å². The Hall–Kier alpha value is -3.38. The zero-order valence-corrected chi connectivity index (χ0v) is 17.4. The highest BCUT2D eigenvalue weighted by atomic mass is 35.5. The van der Waals surface area contributed by atoms with Crippen LogP contribution in [0.15, 0.2) is 77.9 Å². The fourth-order valence-corrected chi connectivity index (χ4v) is 4.32. The molecule has 0 aliphatic carbocycles. The number of carbonyl (C=O) groups is 1. The molecule has 2 aliphatic heterocycles. The normalized spacial score (nSPS) is 17.5. The molecule has 0 spiro atoms. The predicted molar refractivity (Wildman–Crippen MR) is 121 cm³/mol. The minimum Gasteiger partial charge on any atom is -0.285 e. The molecule has 3 aromatic carbocycles. The molecule has 1 unspecified atom stereocenters. The summed E-state index contributed by atoms with van der Waals surface area (Å²) in [6.45, 7) is 0.716. The lowest BCUT2D eigenvalue weighted by Gasteiger charge is -2.24. The van der Waals surface area contributed by atoms with Crippen LogP contribution in [0.25, 0.3) is 0 Å². The number of halogens is 2. The number of fused-ring (bicyclic) bond motifs is 1. The van der Waals surface area contributed by atoms with Gasteiger partial charge in [0.05, 0.1) is 22.4 Å². The van der Waals surface area contributed by atoms with Crippen molar-refractivity contribution in [2.45, 2.75) is 18.9 Å². The fraction of sp³-hybridized carbons (Fsp3) is 0.167. The maximum Gasteiger partial charge on any atom is 0.286 e. The monoisotopic (exact) mass is 434 g/mol. The molecule has 0 radical (unpaired) electrons. The van der Waals surface area contributed by atoms with E-state index < -0.39 is 0 Å². The summed E-state index contributed by atoms with van der Waals surface area (Å²) in [7, 11) is 0. The van der Waals surface area contributed by atoms with Crippen LogP contribution < -0.4 is 15.4 Å². The maximum atomic E-state index is 13.5. The van der Waals surface area contributed by atoms with Gasteiger partial charge in [0.15, 0.2) is 0 Å². The van der Waals surface area contributed by atoms with Gasteiger partial charge in [0.1, 0.15) is 11.5 Å². The largest absolute Gasteiger partial charge is 0.286 e. The van der Waals surface area contributed by atoms with E-state index in [0.717, 1.165) is 17.7 Å². The van der Waals surface area contributed by atoms with Crippen molar-refractivity contribution in [1.29, 1.82) is 0 Å². The summed E-state index contributed by atoms with van der Waals surface area (Å²) in [5.74, 6) is -0.559. The van der Waals surface area contributed by atoms with Crippen molar-refractivity contribution >= 4 is 34.6 Å². The second-order valence-corrected chi connectivity index (χ2v) is 7.99. The summed E-state index contributed by atoms with van der Waals surface area (Å²) >= 11 is 6.42. The second-order valence-electron chi connectivity index (χ2n) is 7.59. The molecule has 1 amide bonds. The quantitative estimate of drug-likeness (QED) is 0.636. The Balaban J connectivity index is 1.43. The number of para-hydroxylation sites is 2. The Kier molecular flexibility index (Phi) is 5.08. The molecule has 5 rings (SSSR count). The SMILES string of the molecule is O=C(NN1CCc2ccccc21)C1=NN(c2ccccc2Cl)C(c2ccc(F)cc2)C1. The van der Waals surface area contributed by atoms with Crippen molar-refractivity contribution in [2.24, 2.45) is 5.10 Å². The van der Waals surface area contributed by atoms with Crippen LogP contribution >= 0.6 is 11.6 Å². The molecule has 2 heterocycles. The fourth-order valence-electron chi connectivity index (χ4n) is 4.09. The minimum absolute atomic E-state index is 0.252. The van der Waals surface area contributed by atoms with E-state index in [4.69, 9.17) is 11.6 Å². The van der Waals surface area contributed by atoms with Gasteiger partial charge in [-0.1, -0.05) is 54.1 Å². The number of carbonyl (C=O) groups excluding carboxylic acids is 1. The molecule has 156 valence electrons. The molecule has 0 saturated carbocycles. The third-order valence-electron chi connectivity index (χ3n) is 5.65. The van der Waals surface area contributed by atoms with E-state index in [1.165, 1.54) is 17.7 Å². The van der Waals surface area contributed by atoms with E-state index in [2.05, 4.69) is 16.6 Å². The Labute approximate surface area is 184 Å². The number of amides is 1. The van der Waals surface area contributed by atoms with Crippen LogP contribution in [-0.2, 0) is 11.2 Å². The van der Waals surface area contributed by atoms with E-state index in [1.54, 1.807) is 23.2 Å². The van der Waals surface area contributed by atoms with Crippen LogP contribution in [0.4, 0.5) is 15.8 Å². The average molecular weight is 435 g/mol. The Morgan fingerprint density at radius 3 is 2.48 bits per heavy atom. The molecule has 0 fully saturated rings. The van der Waals surface area contributed by atoms with Gasteiger partial charge >= 0.3 is 0 Å². The zero-order chi connectivity index (χ0) is 21.4. The van der Waals surface area contributed by atoms with Gasteiger partial charge < -0.3 is 0 Å². The van der Waals surface area contributed by atoms with Crippen LogP contribution in [0, 0.1) is 5.82 Å². The molecule has 0 bridgehead atoms. The lowest BCUT2D eigenvalue weighted by atomic mass is 10.0. The van der Waals surface area contributed by atoms with Crippen LogP contribution in [0.5, 0.6) is 0 Å². The first-order valence-electron chi connectivity index (χ1n) is 10.1. The summed E-state index contributed by atoms with van der Waals surface area (Å²) in [6.07, 6.45) is 1.27. The Morgan fingerprint density at radius 1 is 1.00 bits per heavy atom. The van der Waals surface area contributed by atoms with Gasteiger partial charge in [-0.25, -0.2) is 4.39 Å². The number of nitrogens with one attached hydrogen (secondary N) is 1. The Morgan fingerprint density at radius 2 is 1.71 bits per heavy atom. The van der Waals surface area contributed by atoms with E-state index in [0.29, 0.717) is 29.4 Å². The summed E-state index contributed by atoms with van der Waals surface area (Å²) in [5.41, 5.74) is 7.17. The number of hydrazine groups is 1. The third kappa shape index (κ3) is 3.75. The first kappa shape index (κ1) is 19.6. The molecule has 31 heavy (non-hydrogen) atoms. The molecule has 3 aromatic rings. The molecular weight excluding hydrogens is 415 g/mol. The first-order chi connectivity index (χ1) is 15.1. The zero-order valence-electron chi connectivity index (χ0n) is 16.6. The minimum atomic E-state index is -0.308. The Bertz CT molecular complexity index is 1160. The van der Waals surface area contributed by atoms with Crippen molar-refractivity contribution in [2.75, 3.05) is 16.6 Å². The van der Waals surface area contributed by atoms with Gasteiger partial charge in [-0.2, -0.15) is 5.10 Å². The van der Waals surface area contributed by atoms with Gasteiger partial charge in [-0.15, -0.1) is 0 Å². The topological polar surface area (TPSA) is 47.9 Å². The summed E-state index contributed by atoms with van der Waals surface area (Å²) < 4.78 is 13.5. The van der Waals surface area contributed by atoms with Gasteiger partial charge in [0.2, 0.25) is 0 Å². The van der Waals surface area contributed by atoms with Crippen molar-refractivity contribution in [3.05, 3.63) is 94.8 Å². The molecular formula is C24H20ClFN4O. The highest BCUT2D eigenvalue weighted by Crippen LogP contribution is 2.38. The van der Waals surface area contributed by atoms with E-state index in [-0.39, 0.29) is 17.8 Å². The van der Waals surface area contributed by atoms with Crippen LogP contribution in [0.3, 0.4) is 0 Å². The summed E-state index contributed by atoms with van der Waals surface area (Å²) in [6, 6.07) is 21.4. The number of hydrogen-bond acceptors (Lipinski definition) is 4. The van der Waals surface area contributed by atoms with Gasteiger partial charge in [0, 0.05) is 13.0 Å². The lowest BCUT2D eigenvalue weighted by Crippen LogP contribution is -2.44. The van der Waals surface area contributed by atoms with Crippen molar-refractivity contribution in [1.82, 2.24) is 5.43 Å². The number of anilines is 2. The summed E-state index contributed by atoms with van der Waals surface area (Å²) in [4.78, 5) is 13.1. The average Bonchev–Trinajstić information content (AvgIpc) is 3.40. The molecule has 2 aliphatic rings. The highest BCUT2D eigenvalue weighted by Gasteiger charge is 2.34. The van der Waals surface area contributed by atoms with E-state index in [1.807, 2.05) is 41.4 Å². The van der Waals surface area contributed by atoms with Gasteiger partial charge in [0.25, 0.3) is 5.91 Å². The molecule has 0 saturated heterocycles. The van der Waals surface area contributed by atoms with Crippen molar-refractivity contribution in [3.63, 3.8) is 0 Å². The second kappa shape index (κ2) is 8.04. The predicted octanol–water partition coefficient (Wildman–Crippen LogP) is 4.88. The first-order valence-corrected chi connectivity index (χ1v) is 10.5. The maximum absolute atomic E-state index is 13.5. The van der Waals surface area contributed by atoms with Gasteiger partial charge in [-0.3, -0.25) is 20.2 Å². The van der Waals surface area contributed by atoms with Crippen molar-refractivity contribution < 1.29 is 9.18 Å².